The Morgan fingerprint density at radius 1 is 0.855 bits per heavy atom. The first-order chi connectivity index (χ1) is 33.0. The molecular formula is C45H46ClN7O14S2. The van der Waals surface area contributed by atoms with Crippen LogP contribution < -0.4 is 31.3 Å². The topological polar surface area (TPSA) is 296 Å². The van der Waals surface area contributed by atoms with Crippen molar-refractivity contribution in [3.05, 3.63) is 93.3 Å². The van der Waals surface area contributed by atoms with Gasteiger partial charge < -0.3 is 41.0 Å². The van der Waals surface area contributed by atoms with Crippen molar-refractivity contribution in [2.45, 2.75) is 49.9 Å². The Kier molecular flexibility index (Phi) is 15.9. The van der Waals surface area contributed by atoms with Gasteiger partial charge in [0.2, 0.25) is 33.7 Å². The fourth-order valence-electron chi connectivity index (χ4n) is 7.87. The molecule has 0 bridgehead atoms. The molecule has 7 N–H and O–H groups in total. The summed E-state index contributed by atoms with van der Waals surface area (Å²) in [4.78, 5) is 98.8. The van der Waals surface area contributed by atoms with Crippen LogP contribution in [0.2, 0.25) is 5.02 Å². The van der Waals surface area contributed by atoms with Crippen LogP contribution >= 0.6 is 22.9 Å². The number of aliphatic carboxylic acids is 1. The summed E-state index contributed by atoms with van der Waals surface area (Å²) in [5.41, 5.74) is 2.76. The molecule has 6 amide bonds. The molecule has 69 heavy (non-hydrogen) atoms. The van der Waals surface area contributed by atoms with E-state index >= 15 is 0 Å². The fourth-order valence-corrected chi connectivity index (χ4v) is 10.8. The molecule has 0 aliphatic carbocycles. The Hall–Kier alpha value is -6.92. The third-order valence-corrected chi connectivity index (χ3v) is 14.7. The maximum absolute atomic E-state index is 13.5. The molecule has 24 heteroatoms. The molecule has 1 atom stereocenters. The predicted molar refractivity (Wildman–Crippen MR) is 251 cm³/mol. The van der Waals surface area contributed by atoms with Crippen molar-refractivity contribution in [3.8, 4) is 16.2 Å². The first-order valence-corrected chi connectivity index (χ1v) is 24.4. The molecule has 3 aliphatic rings. The van der Waals surface area contributed by atoms with Crippen LogP contribution in [0.1, 0.15) is 68.1 Å². The van der Waals surface area contributed by atoms with Gasteiger partial charge in [0.25, 0.3) is 11.8 Å². The number of imide groups is 2. The minimum absolute atomic E-state index is 0.00336. The number of rotatable bonds is 21. The van der Waals surface area contributed by atoms with Crippen molar-refractivity contribution in [1.29, 1.82) is 0 Å². The number of anilines is 3. The summed E-state index contributed by atoms with van der Waals surface area (Å²) in [5, 5.41) is 32.5. The monoisotopic (exact) mass is 1010 g/mol. The van der Waals surface area contributed by atoms with Gasteiger partial charge in [-0.1, -0.05) is 35.9 Å². The summed E-state index contributed by atoms with van der Waals surface area (Å²) in [6.45, 7) is -0.109. The molecule has 0 spiro atoms. The van der Waals surface area contributed by atoms with Crippen LogP contribution in [-0.2, 0) is 44.5 Å². The molecule has 0 saturated carbocycles. The third-order valence-electron chi connectivity index (χ3n) is 11.2. The number of carbonyl (C=O) groups excluding carboxylic acids is 6. The highest BCUT2D eigenvalue weighted by Gasteiger charge is 2.44. The lowest BCUT2D eigenvalue weighted by atomic mass is 10.0. The number of fused-ring (bicyclic) bond motifs is 1. The molecular weight excluding hydrogens is 962 g/mol. The number of aromatic carboxylic acids is 1. The number of carbonyl (C=O) groups is 8. The number of hydrogen-bond acceptors (Lipinski definition) is 15. The van der Waals surface area contributed by atoms with Crippen molar-refractivity contribution < 1.29 is 66.5 Å². The maximum atomic E-state index is 13.5. The molecule has 21 nitrogen and oxygen atoms in total. The van der Waals surface area contributed by atoms with Crippen molar-refractivity contribution in [2.24, 2.45) is 0 Å². The molecule has 4 aromatic rings. The minimum atomic E-state index is -3.72. The highest BCUT2D eigenvalue weighted by atomic mass is 35.5. The molecule has 7 rings (SSSR count). The zero-order valence-corrected chi connectivity index (χ0v) is 39.0. The maximum Gasteiger partial charge on any atom is 0.349 e. The van der Waals surface area contributed by atoms with E-state index in [1.807, 2.05) is 6.07 Å². The molecule has 2 saturated heterocycles. The van der Waals surface area contributed by atoms with E-state index in [-0.39, 0.29) is 103 Å². The van der Waals surface area contributed by atoms with Crippen LogP contribution in [0.15, 0.2) is 66.7 Å². The SMILES string of the molecule is O=C(O)COc1c(C(=O)O)sc(-c2cccc(NC3CCN(S(=O)(=O)Cc4cccc(NC(=O)CCOCCNC(=O)CNc5ccc6c(c5)C(=O)N(C5CCC(=O)NC5=O)C6=O)c4)CC3)c2)c1Cl. The molecule has 3 aliphatic heterocycles. The van der Waals surface area contributed by atoms with E-state index in [2.05, 4.69) is 26.6 Å². The van der Waals surface area contributed by atoms with Gasteiger partial charge in [-0.25, -0.2) is 22.3 Å². The lowest BCUT2D eigenvalue weighted by molar-refractivity contribution is -0.139. The van der Waals surface area contributed by atoms with E-state index in [1.165, 1.54) is 22.5 Å². The largest absolute Gasteiger partial charge is 0.479 e. The highest BCUT2D eigenvalue weighted by Crippen LogP contribution is 2.46. The summed E-state index contributed by atoms with van der Waals surface area (Å²) in [6, 6.07) is 16.8. The molecule has 1 aromatic heterocycles. The number of carboxylic acids is 2. The lowest BCUT2D eigenvalue weighted by Gasteiger charge is -2.32. The van der Waals surface area contributed by atoms with Gasteiger partial charge in [0.15, 0.2) is 17.2 Å². The second-order valence-electron chi connectivity index (χ2n) is 16.1. The van der Waals surface area contributed by atoms with Crippen LogP contribution in [-0.4, -0.2) is 133 Å². The van der Waals surface area contributed by atoms with E-state index in [0.717, 1.165) is 16.2 Å². The van der Waals surface area contributed by atoms with Gasteiger partial charge in [-0.05, 0) is 72.9 Å². The van der Waals surface area contributed by atoms with Gasteiger partial charge in [0, 0.05) is 49.2 Å². The van der Waals surface area contributed by atoms with Crippen molar-refractivity contribution in [3.63, 3.8) is 0 Å². The number of hydrogen-bond donors (Lipinski definition) is 7. The number of piperidine rings is 2. The number of nitrogens with one attached hydrogen (secondary N) is 5. The molecule has 2 fully saturated rings. The van der Waals surface area contributed by atoms with Crippen molar-refractivity contribution in [2.75, 3.05) is 62.0 Å². The van der Waals surface area contributed by atoms with E-state index in [1.54, 1.807) is 42.5 Å². The van der Waals surface area contributed by atoms with Crippen molar-refractivity contribution in [1.82, 2.24) is 19.8 Å². The van der Waals surface area contributed by atoms with Crippen LogP contribution in [0, 0.1) is 0 Å². The Morgan fingerprint density at radius 3 is 2.33 bits per heavy atom. The Labute approximate surface area is 403 Å². The van der Waals surface area contributed by atoms with Crippen LogP contribution in [0.5, 0.6) is 5.75 Å². The summed E-state index contributed by atoms with van der Waals surface area (Å²) in [5.74, 6) is -6.33. The molecule has 364 valence electrons. The van der Waals surface area contributed by atoms with Gasteiger partial charge in [0.1, 0.15) is 11.1 Å². The number of ether oxygens (including phenoxy) is 2. The van der Waals surface area contributed by atoms with E-state index in [4.69, 9.17) is 26.2 Å². The highest BCUT2D eigenvalue weighted by molar-refractivity contribution is 7.88. The standard InChI is InChI=1S/C45H46ClN7O14S2/c46-38-39(67-23-37(57)58)41(45(62)63)68-40(38)26-4-2-6-30(20-26)49-27-11-15-52(16-12-27)69(64,65)24-25-3-1-5-29(19-25)50-35(55)13-17-66-18-14-47-36(56)22-48-28-7-8-31-32(21-28)44(61)53(43(31)60)33-9-10-34(54)51-42(33)59/h1-8,19-21,27,33,48-49H,9-18,22-24H2,(H,47,56)(H,50,55)(H,57,58)(H,62,63)(H,51,54,59). The average molecular weight is 1010 g/mol. The summed E-state index contributed by atoms with van der Waals surface area (Å²) in [7, 11) is -3.72. The molecule has 3 aromatic carbocycles. The first-order valence-electron chi connectivity index (χ1n) is 21.5. The van der Waals surface area contributed by atoms with Crippen LogP contribution in [0.4, 0.5) is 17.1 Å². The average Bonchev–Trinajstić information content (AvgIpc) is 3.77. The van der Waals surface area contributed by atoms with Gasteiger partial charge in [-0.2, -0.15) is 0 Å². The van der Waals surface area contributed by atoms with Crippen LogP contribution in [0.25, 0.3) is 10.4 Å². The number of benzene rings is 3. The van der Waals surface area contributed by atoms with Crippen LogP contribution in [0.3, 0.4) is 0 Å². The predicted octanol–water partition coefficient (Wildman–Crippen LogP) is 3.61. The normalized spacial score (nSPS) is 16.4. The van der Waals surface area contributed by atoms with Gasteiger partial charge in [-0.15, -0.1) is 11.3 Å². The van der Waals surface area contributed by atoms with Gasteiger partial charge in [0.05, 0.1) is 47.9 Å². The number of thiophene rings is 1. The third kappa shape index (κ3) is 12.4. The van der Waals surface area contributed by atoms with E-state index in [0.29, 0.717) is 45.9 Å². The summed E-state index contributed by atoms with van der Waals surface area (Å²) in [6.07, 6.45) is 1.03. The first kappa shape index (κ1) is 50.0. The van der Waals surface area contributed by atoms with Crippen molar-refractivity contribution >= 4 is 97.4 Å². The zero-order chi connectivity index (χ0) is 49.4. The Bertz CT molecular complexity index is 2810. The summed E-state index contributed by atoms with van der Waals surface area (Å²) >= 11 is 7.33. The molecule has 4 heterocycles. The number of carboxylic acid groups (broad SMARTS) is 2. The Balaban J connectivity index is 0.792. The second-order valence-corrected chi connectivity index (χ2v) is 19.4. The quantitative estimate of drug-likeness (QED) is 0.0463. The van der Waals surface area contributed by atoms with E-state index < -0.39 is 64.1 Å². The van der Waals surface area contributed by atoms with Gasteiger partial charge in [-0.3, -0.25) is 39.0 Å². The number of halogens is 1. The van der Waals surface area contributed by atoms with E-state index in [9.17, 15) is 51.9 Å². The number of nitrogens with zero attached hydrogens (tertiary/aromatic N) is 2. The smallest absolute Gasteiger partial charge is 0.349 e. The number of sulfonamides is 1. The van der Waals surface area contributed by atoms with Gasteiger partial charge >= 0.3 is 11.9 Å². The Morgan fingerprint density at radius 2 is 1.59 bits per heavy atom. The minimum Gasteiger partial charge on any atom is -0.479 e. The second kappa shape index (κ2) is 22.0. The number of amides is 6. The fraction of sp³-hybridized carbons (Fsp3) is 0.333. The molecule has 1 unspecified atom stereocenters. The molecule has 0 radical (unpaired) electrons. The zero-order valence-electron chi connectivity index (χ0n) is 36.6. The lowest BCUT2D eigenvalue weighted by Crippen LogP contribution is -2.54. The summed E-state index contributed by atoms with van der Waals surface area (Å²) < 4.78 is 39.1.